The lowest BCUT2D eigenvalue weighted by Crippen LogP contribution is -2.05. The van der Waals surface area contributed by atoms with Crippen molar-refractivity contribution in [1.82, 2.24) is 10.2 Å². The molecule has 0 aliphatic heterocycles. The number of aromatic nitrogens is 2. The zero-order valence-electron chi connectivity index (χ0n) is 3.97. The second-order valence-electron chi connectivity index (χ2n) is 1.30. The van der Waals surface area contributed by atoms with E-state index in [2.05, 4.69) is 22.4 Å². The molecular weight excluding hydrogens is 124 g/mol. The van der Waals surface area contributed by atoms with Gasteiger partial charge in [0.15, 0.2) is 0 Å². The summed E-state index contributed by atoms with van der Waals surface area (Å²) in [6.07, 6.45) is 1.57. The molecule has 8 heavy (non-hydrogen) atoms. The van der Waals surface area contributed by atoms with Crippen molar-refractivity contribution in [2.75, 3.05) is 0 Å². The van der Waals surface area contributed by atoms with Crippen LogP contribution in [0.25, 0.3) is 0 Å². The lowest BCUT2D eigenvalue weighted by Gasteiger charge is -1.78. The summed E-state index contributed by atoms with van der Waals surface area (Å²) in [5.41, 5.74) is -0.248. The van der Waals surface area contributed by atoms with Gasteiger partial charge in [-0.1, -0.05) is 12.2 Å². The van der Waals surface area contributed by atoms with Gasteiger partial charge in [0, 0.05) is 6.20 Å². The Morgan fingerprint density at radius 2 is 2.38 bits per heavy atom. The van der Waals surface area contributed by atoms with Crippen LogP contribution >= 0.6 is 12.2 Å². The van der Waals surface area contributed by atoms with Crippen LogP contribution in [0.5, 0.6) is 0 Å². The summed E-state index contributed by atoms with van der Waals surface area (Å²) in [6, 6.07) is 1.54. The molecule has 0 spiro atoms. The van der Waals surface area contributed by atoms with E-state index in [9.17, 15) is 4.79 Å². The van der Waals surface area contributed by atoms with Crippen LogP contribution in [0.4, 0.5) is 0 Å². The van der Waals surface area contributed by atoms with Gasteiger partial charge in [0.05, 0.1) is 0 Å². The highest BCUT2D eigenvalue weighted by Gasteiger charge is 1.78. The molecule has 0 aromatic carbocycles. The van der Waals surface area contributed by atoms with Crippen LogP contribution in [0.1, 0.15) is 0 Å². The van der Waals surface area contributed by atoms with Crippen molar-refractivity contribution in [2.45, 2.75) is 0 Å². The molecule has 0 aliphatic carbocycles. The number of aromatic amines is 2. The highest BCUT2D eigenvalue weighted by molar-refractivity contribution is 7.71. The summed E-state index contributed by atoms with van der Waals surface area (Å²) in [6.45, 7) is 0. The minimum absolute atomic E-state index is 0.248. The molecule has 0 fully saturated rings. The fourth-order valence-corrected chi connectivity index (χ4v) is 0.481. The Morgan fingerprint density at radius 3 is 2.75 bits per heavy atom. The van der Waals surface area contributed by atoms with Crippen molar-refractivity contribution >= 4 is 12.2 Å². The first-order chi connectivity index (χ1) is 3.80. The van der Waals surface area contributed by atoms with Gasteiger partial charge in [0.1, 0.15) is 4.51 Å². The van der Waals surface area contributed by atoms with Crippen LogP contribution in [0, 0.1) is 4.51 Å². The molecule has 2 N–H and O–H groups in total. The third-order valence-corrected chi connectivity index (χ3v) is 1.05. The van der Waals surface area contributed by atoms with Gasteiger partial charge < -0.3 is 5.10 Å². The average Bonchev–Trinajstić information content (AvgIpc) is 1.77. The molecule has 0 saturated carbocycles. The number of rotatable bonds is 0. The second kappa shape index (κ2) is 1.92. The molecule has 1 aromatic rings. The Morgan fingerprint density at radius 1 is 1.62 bits per heavy atom. The first-order valence-electron chi connectivity index (χ1n) is 2.07. The molecule has 1 aromatic heterocycles. The van der Waals surface area contributed by atoms with Gasteiger partial charge in [-0.3, -0.25) is 9.89 Å². The molecule has 0 atom stereocenters. The summed E-state index contributed by atoms with van der Waals surface area (Å²) in [4.78, 5) is 10.4. The Bertz CT molecular complexity index is 245. The van der Waals surface area contributed by atoms with Gasteiger partial charge in [-0.05, 0) is 6.07 Å². The molecular formula is C4H4N2OS. The van der Waals surface area contributed by atoms with Gasteiger partial charge in [0.25, 0.3) is 5.56 Å². The summed E-state index contributed by atoms with van der Waals surface area (Å²) in [5, 5.41) is 4.81. The highest BCUT2D eigenvalue weighted by Crippen LogP contribution is 1.71. The lowest BCUT2D eigenvalue weighted by molar-refractivity contribution is 0.983. The molecule has 4 heteroatoms. The number of hydrogen-bond acceptors (Lipinski definition) is 2. The average molecular weight is 128 g/mol. The van der Waals surface area contributed by atoms with Crippen molar-refractivity contribution in [1.29, 1.82) is 0 Å². The van der Waals surface area contributed by atoms with E-state index in [1.54, 1.807) is 6.20 Å². The molecule has 1 rings (SSSR count). The molecule has 3 nitrogen and oxygen atoms in total. The fraction of sp³-hybridized carbons (Fsp3) is 0. The topological polar surface area (TPSA) is 48.6 Å². The molecule has 0 aliphatic rings. The number of H-pyrrole nitrogens is 2. The predicted molar refractivity (Wildman–Crippen MR) is 32.2 cm³/mol. The minimum Gasteiger partial charge on any atom is -0.306 e. The number of hydrogen-bond donors (Lipinski definition) is 2. The molecule has 0 radical (unpaired) electrons. The summed E-state index contributed by atoms with van der Waals surface area (Å²) in [7, 11) is 0. The van der Waals surface area contributed by atoms with E-state index in [1.165, 1.54) is 6.07 Å². The molecule has 1 heterocycles. The second-order valence-corrected chi connectivity index (χ2v) is 1.74. The third-order valence-electron chi connectivity index (χ3n) is 0.728. The van der Waals surface area contributed by atoms with Crippen LogP contribution in [-0.2, 0) is 0 Å². The van der Waals surface area contributed by atoms with Gasteiger partial charge >= 0.3 is 0 Å². The highest BCUT2D eigenvalue weighted by atomic mass is 32.1. The van der Waals surface area contributed by atoms with Gasteiger partial charge in [0.2, 0.25) is 0 Å². The van der Waals surface area contributed by atoms with Crippen LogP contribution in [-0.4, -0.2) is 10.2 Å². The first-order valence-corrected chi connectivity index (χ1v) is 2.48. The van der Waals surface area contributed by atoms with Crippen molar-refractivity contribution < 1.29 is 0 Å². The van der Waals surface area contributed by atoms with E-state index < -0.39 is 0 Å². The van der Waals surface area contributed by atoms with Crippen molar-refractivity contribution in [3.63, 3.8) is 0 Å². The monoisotopic (exact) mass is 128 g/mol. The minimum atomic E-state index is -0.248. The maximum atomic E-state index is 10.4. The smallest absolute Gasteiger partial charge is 0.280 e. The van der Waals surface area contributed by atoms with E-state index in [-0.39, 0.29) is 5.56 Å². The normalized spacial score (nSPS) is 9.00. The molecule has 0 bridgehead atoms. The van der Waals surface area contributed by atoms with Crippen molar-refractivity contribution in [2.24, 2.45) is 0 Å². The van der Waals surface area contributed by atoms with Crippen molar-refractivity contribution in [3.05, 3.63) is 27.1 Å². The lowest BCUT2D eigenvalue weighted by atomic mass is 10.6. The Hall–Kier alpha value is -0.900. The molecule has 0 saturated heterocycles. The Kier molecular flexibility index (Phi) is 1.26. The molecule has 0 amide bonds. The zero-order valence-corrected chi connectivity index (χ0v) is 4.79. The van der Waals surface area contributed by atoms with E-state index in [4.69, 9.17) is 0 Å². The summed E-state index contributed by atoms with van der Waals surface area (Å²) >= 11 is 4.59. The van der Waals surface area contributed by atoms with Gasteiger partial charge in [-0.25, -0.2) is 0 Å². The Labute approximate surface area is 50.4 Å². The zero-order chi connectivity index (χ0) is 5.98. The first kappa shape index (κ1) is 5.24. The van der Waals surface area contributed by atoms with Crippen LogP contribution < -0.4 is 5.56 Å². The van der Waals surface area contributed by atoms with E-state index in [0.29, 0.717) is 4.51 Å². The van der Waals surface area contributed by atoms with Crippen LogP contribution in [0.2, 0.25) is 0 Å². The summed E-state index contributed by atoms with van der Waals surface area (Å²) < 4.78 is 0.309. The third kappa shape index (κ3) is 0.840. The van der Waals surface area contributed by atoms with Crippen LogP contribution in [0.3, 0.4) is 0 Å². The molecule has 0 unspecified atom stereocenters. The maximum absolute atomic E-state index is 10.4. The summed E-state index contributed by atoms with van der Waals surface area (Å²) in [5.74, 6) is 0. The van der Waals surface area contributed by atoms with Gasteiger partial charge in [-0.2, -0.15) is 0 Å². The van der Waals surface area contributed by atoms with Gasteiger partial charge in [-0.15, -0.1) is 0 Å². The van der Waals surface area contributed by atoms with Crippen molar-refractivity contribution in [3.8, 4) is 0 Å². The Balaban J connectivity index is 3.59. The van der Waals surface area contributed by atoms with E-state index in [0.717, 1.165) is 0 Å². The van der Waals surface area contributed by atoms with E-state index in [1.807, 2.05) is 0 Å². The maximum Gasteiger partial charge on any atom is 0.280 e. The van der Waals surface area contributed by atoms with E-state index >= 15 is 0 Å². The fourth-order valence-electron chi connectivity index (χ4n) is 0.362. The SMILES string of the molecule is O=c1[nH][nH]ccc1=S. The standard InChI is InChI=1S/C4H4N2OS/c7-4-3(8)1-2-5-6-4/h1-2H,(H,5,8)(H,6,7). The number of nitrogens with one attached hydrogen (secondary N) is 2. The largest absolute Gasteiger partial charge is 0.306 e. The van der Waals surface area contributed by atoms with Crippen LogP contribution in [0.15, 0.2) is 17.1 Å². The molecule has 42 valence electrons. The predicted octanol–water partition coefficient (Wildman–Crippen LogP) is 0.432. The quantitative estimate of drug-likeness (QED) is 0.498.